The van der Waals surface area contributed by atoms with E-state index in [4.69, 9.17) is 4.52 Å². The van der Waals surface area contributed by atoms with Crippen LogP contribution < -0.4 is 10.6 Å². The van der Waals surface area contributed by atoms with Crippen molar-refractivity contribution >= 4 is 23.2 Å². The zero-order valence-corrected chi connectivity index (χ0v) is 13.2. The number of carbonyl (C=O) groups is 2. The SMILES string of the molecule is CC(=O)Nc1cc(NC(=O)c2cc(-c3ccccc3)on2)ccc1F. The molecule has 0 fully saturated rings. The van der Waals surface area contributed by atoms with E-state index in [0.717, 1.165) is 11.6 Å². The van der Waals surface area contributed by atoms with E-state index in [9.17, 15) is 14.0 Å². The van der Waals surface area contributed by atoms with Crippen molar-refractivity contribution in [1.82, 2.24) is 5.16 Å². The summed E-state index contributed by atoms with van der Waals surface area (Å²) < 4.78 is 18.8. The number of nitrogens with one attached hydrogen (secondary N) is 2. The molecule has 0 radical (unpaired) electrons. The summed E-state index contributed by atoms with van der Waals surface area (Å²) in [6.07, 6.45) is 0. The molecule has 3 rings (SSSR count). The summed E-state index contributed by atoms with van der Waals surface area (Å²) in [4.78, 5) is 23.3. The van der Waals surface area contributed by atoms with Crippen LogP contribution in [0.25, 0.3) is 11.3 Å². The minimum absolute atomic E-state index is 0.0181. The Morgan fingerprint density at radius 2 is 1.80 bits per heavy atom. The molecule has 1 heterocycles. The summed E-state index contributed by atoms with van der Waals surface area (Å²) in [5.41, 5.74) is 1.18. The first kappa shape index (κ1) is 16.4. The Kier molecular flexibility index (Phi) is 4.56. The molecule has 6 nitrogen and oxygen atoms in total. The number of hydrogen-bond acceptors (Lipinski definition) is 4. The maximum Gasteiger partial charge on any atom is 0.277 e. The number of aromatic nitrogens is 1. The fourth-order valence-corrected chi connectivity index (χ4v) is 2.20. The first-order valence-electron chi connectivity index (χ1n) is 7.43. The number of halogens is 1. The first-order valence-corrected chi connectivity index (χ1v) is 7.43. The maximum atomic E-state index is 13.6. The van der Waals surface area contributed by atoms with Crippen molar-refractivity contribution in [3.05, 3.63) is 66.1 Å². The Morgan fingerprint density at radius 3 is 2.52 bits per heavy atom. The smallest absolute Gasteiger partial charge is 0.277 e. The van der Waals surface area contributed by atoms with Crippen molar-refractivity contribution in [1.29, 1.82) is 0 Å². The van der Waals surface area contributed by atoms with Gasteiger partial charge in [0, 0.05) is 24.2 Å². The standard InChI is InChI=1S/C18H14FN3O3/c1-11(23)20-15-9-13(7-8-14(15)19)21-18(24)16-10-17(25-22-16)12-5-3-2-4-6-12/h2-10H,1H3,(H,20,23)(H,21,24). The minimum atomic E-state index is -0.596. The van der Waals surface area contributed by atoms with Crippen LogP contribution in [0.3, 0.4) is 0 Å². The zero-order valence-electron chi connectivity index (χ0n) is 13.2. The lowest BCUT2D eigenvalue weighted by molar-refractivity contribution is -0.114. The van der Waals surface area contributed by atoms with Crippen molar-refractivity contribution < 1.29 is 18.5 Å². The number of amides is 2. The highest BCUT2D eigenvalue weighted by atomic mass is 19.1. The molecule has 0 saturated carbocycles. The molecule has 2 N–H and O–H groups in total. The van der Waals surface area contributed by atoms with E-state index in [1.807, 2.05) is 30.3 Å². The van der Waals surface area contributed by atoms with Crippen molar-refractivity contribution in [3.63, 3.8) is 0 Å². The number of anilines is 2. The molecule has 3 aromatic rings. The van der Waals surface area contributed by atoms with Gasteiger partial charge in [-0.15, -0.1) is 0 Å². The minimum Gasteiger partial charge on any atom is -0.355 e. The molecule has 126 valence electrons. The first-order chi connectivity index (χ1) is 12.0. The van der Waals surface area contributed by atoms with Gasteiger partial charge in [-0.25, -0.2) is 4.39 Å². The van der Waals surface area contributed by atoms with Crippen molar-refractivity contribution in [3.8, 4) is 11.3 Å². The second kappa shape index (κ2) is 6.96. The third kappa shape index (κ3) is 3.89. The second-order valence-electron chi connectivity index (χ2n) is 5.27. The van der Waals surface area contributed by atoms with Gasteiger partial charge in [0.2, 0.25) is 5.91 Å². The van der Waals surface area contributed by atoms with Gasteiger partial charge in [-0.05, 0) is 18.2 Å². The highest BCUT2D eigenvalue weighted by molar-refractivity contribution is 6.03. The third-order valence-electron chi connectivity index (χ3n) is 3.34. The summed E-state index contributed by atoms with van der Waals surface area (Å²) >= 11 is 0. The van der Waals surface area contributed by atoms with Crippen molar-refractivity contribution in [2.75, 3.05) is 10.6 Å². The molecule has 7 heteroatoms. The average molecular weight is 339 g/mol. The Bertz CT molecular complexity index is 922. The van der Waals surface area contributed by atoms with Crippen LogP contribution in [0.4, 0.5) is 15.8 Å². The summed E-state index contributed by atoms with van der Waals surface area (Å²) in [7, 11) is 0. The molecule has 0 spiro atoms. The number of rotatable bonds is 4. The van der Waals surface area contributed by atoms with Gasteiger partial charge in [0.1, 0.15) is 5.82 Å². The van der Waals surface area contributed by atoms with Gasteiger partial charge in [0.25, 0.3) is 5.91 Å². The summed E-state index contributed by atoms with van der Waals surface area (Å²) in [6, 6.07) is 14.6. The molecule has 0 bridgehead atoms. The lowest BCUT2D eigenvalue weighted by Crippen LogP contribution is -2.13. The van der Waals surface area contributed by atoms with Crippen LogP contribution in [0.5, 0.6) is 0 Å². The lowest BCUT2D eigenvalue weighted by atomic mass is 10.1. The lowest BCUT2D eigenvalue weighted by Gasteiger charge is -2.07. The van der Waals surface area contributed by atoms with Crippen molar-refractivity contribution in [2.24, 2.45) is 0 Å². The maximum absolute atomic E-state index is 13.6. The van der Waals surface area contributed by atoms with Crippen LogP contribution in [0.1, 0.15) is 17.4 Å². The zero-order chi connectivity index (χ0) is 17.8. The van der Waals surface area contributed by atoms with Crippen molar-refractivity contribution in [2.45, 2.75) is 6.92 Å². The van der Waals surface area contributed by atoms with E-state index in [1.165, 1.54) is 25.1 Å². The monoisotopic (exact) mass is 339 g/mol. The molecule has 25 heavy (non-hydrogen) atoms. The van der Waals surface area contributed by atoms with Crippen LogP contribution in [0.15, 0.2) is 59.1 Å². The second-order valence-corrected chi connectivity index (χ2v) is 5.27. The largest absolute Gasteiger partial charge is 0.355 e. The molecular formula is C18H14FN3O3. The Hall–Kier alpha value is -3.48. The number of nitrogens with zero attached hydrogens (tertiary/aromatic N) is 1. The highest BCUT2D eigenvalue weighted by Crippen LogP contribution is 2.22. The van der Waals surface area contributed by atoms with Crippen LogP contribution in [-0.4, -0.2) is 17.0 Å². The van der Waals surface area contributed by atoms with Crippen LogP contribution in [0, 0.1) is 5.82 Å². The van der Waals surface area contributed by atoms with Crippen LogP contribution >= 0.6 is 0 Å². The van der Waals surface area contributed by atoms with Gasteiger partial charge in [-0.3, -0.25) is 9.59 Å². The third-order valence-corrected chi connectivity index (χ3v) is 3.34. The van der Waals surface area contributed by atoms with E-state index >= 15 is 0 Å². The molecule has 0 aliphatic rings. The molecule has 0 saturated heterocycles. The molecule has 2 aromatic carbocycles. The van der Waals surface area contributed by atoms with E-state index in [2.05, 4.69) is 15.8 Å². The normalized spacial score (nSPS) is 10.3. The van der Waals surface area contributed by atoms with Crippen LogP contribution in [-0.2, 0) is 4.79 Å². The molecule has 2 amide bonds. The molecule has 0 atom stereocenters. The van der Waals surface area contributed by atoms with E-state index < -0.39 is 17.6 Å². The summed E-state index contributed by atoms with van der Waals surface area (Å²) in [5, 5.41) is 8.68. The fraction of sp³-hybridized carbons (Fsp3) is 0.0556. The fourth-order valence-electron chi connectivity index (χ4n) is 2.20. The van der Waals surface area contributed by atoms with E-state index in [1.54, 1.807) is 0 Å². The number of benzene rings is 2. The molecule has 0 aliphatic heterocycles. The number of carbonyl (C=O) groups excluding carboxylic acids is 2. The Morgan fingerprint density at radius 1 is 1.04 bits per heavy atom. The van der Waals surface area contributed by atoms with Gasteiger partial charge in [-0.1, -0.05) is 35.5 Å². The molecule has 0 unspecified atom stereocenters. The number of hydrogen-bond donors (Lipinski definition) is 2. The molecule has 1 aromatic heterocycles. The molecular weight excluding hydrogens is 325 g/mol. The average Bonchev–Trinajstić information content (AvgIpc) is 3.08. The Balaban J connectivity index is 1.77. The van der Waals surface area contributed by atoms with Gasteiger partial charge in [0.05, 0.1) is 5.69 Å². The topological polar surface area (TPSA) is 84.2 Å². The quantitative estimate of drug-likeness (QED) is 0.759. The van der Waals surface area contributed by atoms with E-state index in [-0.39, 0.29) is 11.4 Å². The van der Waals surface area contributed by atoms with E-state index in [0.29, 0.717) is 11.4 Å². The van der Waals surface area contributed by atoms with Crippen LogP contribution in [0.2, 0.25) is 0 Å². The predicted octanol–water partition coefficient (Wildman–Crippen LogP) is 3.69. The van der Waals surface area contributed by atoms with Gasteiger partial charge >= 0.3 is 0 Å². The highest BCUT2D eigenvalue weighted by Gasteiger charge is 2.15. The summed E-state index contributed by atoms with van der Waals surface area (Å²) in [6.45, 7) is 1.27. The van der Waals surface area contributed by atoms with Gasteiger partial charge < -0.3 is 15.2 Å². The van der Waals surface area contributed by atoms with Gasteiger partial charge in [-0.2, -0.15) is 0 Å². The summed E-state index contributed by atoms with van der Waals surface area (Å²) in [5.74, 6) is -1.05. The van der Waals surface area contributed by atoms with Gasteiger partial charge in [0.15, 0.2) is 11.5 Å². The Labute approximate surface area is 142 Å². The predicted molar refractivity (Wildman–Crippen MR) is 90.6 cm³/mol. The molecule has 0 aliphatic carbocycles.